The molecule has 0 saturated heterocycles. The van der Waals surface area contributed by atoms with Crippen molar-refractivity contribution in [1.82, 2.24) is 4.57 Å². The number of carbonyl (C=O) groups is 1. The Balaban J connectivity index is 1.65. The molecule has 22 heavy (non-hydrogen) atoms. The number of nitrogens with one attached hydrogen (secondary N) is 1. The molecule has 0 aliphatic heterocycles. The number of nitrogens with zero attached hydrogens (tertiary/aromatic N) is 1. The van der Waals surface area contributed by atoms with Gasteiger partial charge in [-0.05, 0) is 35.7 Å². The molecular formula is C17H14Cl2N2O. The van der Waals surface area contributed by atoms with Crippen LogP contribution >= 0.6 is 23.2 Å². The van der Waals surface area contributed by atoms with E-state index < -0.39 is 0 Å². The molecule has 0 aliphatic rings. The first-order valence-electron chi connectivity index (χ1n) is 6.92. The van der Waals surface area contributed by atoms with E-state index in [1.54, 1.807) is 18.2 Å². The Hall–Kier alpha value is -1.97. The fraction of sp³-hybridized carbons (Fsp3) is 0.118. The molecule has 0 saturated carbocycles. The van der Waals surface area contributed by atoms with E-state index in [4.69, 9.17) is 23.2 Å². The van der Waals surface area contributed by atoms with Crippen molar-refractivity contribution in [1.29, 1.82) is 0 Å². The molecule has 0 radical (unpaired) electrons. The molecule has 1 N–H and O–H groups in total. The molecule has 3 rings (SSSR count). The number of para-hydroxylation sites is 1. The predicted octanol–water partition coefficient (Wildman–Crippen LogP) is 4.98. The molecule has 0 atom stereocenters. The Morgan fingerprint density at radius 3 is 2.73 bits per heavy atom. The number of benzene rings is 2. The molecule has 1 amide bonds. The third kappa shape index (κ3) is 3.26. The van der Waals surface area contributed by atoms with Crippen molar-refractivity contribution in [3.05, 3.63) is 64.8 Å². The predicted molar refractivity (Wildman–Crippen MR) is 91.6 cm³/mol. The number of anilines is 1. The van der Waals surface area contributed by atoms with Crippen LogP contribution in [0.25, 0.3) is 10.9 Å². The fourth-order valence-corrected chi connectivity index (χ4v) is 2.82. The van der Waals surface area contributed by atoms with Crippen molar-refractivity contribution < 1.29 is 4.79 Å². The summed E-state index contributed by atoms with van der Waals surface area (Å²) in [4.78, 5) is 12.1. The lowest BCUT2D eigenvalue weighted by Crippen LogP contribution is -2.14. The maximum Gasteiger partial charge on any atom is 0.226 e. The summed E-state index contributed by atoms with van der Waals surface area (Å²) in [6, 6.07) is 15.1. The lowest BCUT2D eigenvalue weighted by atomic mass is 10.2. The third-order valence-electron chi connectivity index (χ3n) is 3.47. The second-order valence-corrected chi connectivity index (χ2v) is 5.83. The molecule has 112 valence electrons. The van der Waals surface area contributed by atoms with Crippen molar-refractivity contribution >= 4 is 45.7 Å². The van der Waals surface area contributed by atoms with Gasteiger partial charge in [-0.2, -0.15) is 0 Å². The topological polar surface area (TPSA) is 34.0 Å². The molecular weight excluding hydrogens is 319 g/mol. The summed E-state index contributed by atoms with van der Waals surface area (Å²) in [5.74, 6) is -0.0815. The number of fused-ring (bicyclic) bond motifs is 1. The monoisotopic (exact) mass is 332 g/mol. The zero-order valence-corrected chi connectivity index (χ0v) is 13.2. The molecule has 3 nitrogen and oxygen atoms in total. The van der Waals surface area contributed by atoms with Crippen LogP contribution in [0.15, 0.2) is 54.7 Å². The molecule has 5 heteroatoms. The highest BCUT2D eigenvalue weighted by Gasteiger charge is 2.07. The minimum atomic E-state index is -0.0815. The van der Waals surface area contributed by atoms with Crippen LogP contribution < -0.4 is 5.32 Å². The molecule has 0 unspecified atom stereocenters. The molecule has 0 fully saturated rings. The van der Waals surface area contributed by atoms with Gasteiger partial charge in [-0.15, -0.1) is 0 Å². The van der Waals surface area contributed by atoms with E-state index in [1.807, 2.05) is 30.5 Å². The summed E-state index contributed by atoms with van der Waals surface area (Å²) < 4.78 is 2.07. The van der Waals surface area contributed by atoms with Gasteiger partial charge >= 0.3 is 0 Å². The molecule has 0 spiro atoms. The number of hydrogen-bond acceptors (Lipinski definition) is 1. The van der Waals surface area contributed by atoms with Crippen molar-refractivity contribution in [2.24, 2.45) is 0 Å². The Morgan fingerprint density at radius 2 is 1.91 bits per heavy atom. The van der Waals surface area contributed by atoms with Gasteiger partial charge in [-0.1, -0.05) is 41.4 Å². The number of rotatable bonds is 4. The molecule has 0 bridgehead atoms. The van der Waals surface area contributed by atoms with Crippen molar-refractivity contribution in [2.75, 3.05) is 5.32 Å². The number of aromatic nitrogens is 1. The van der Waals surface area contributed by atoms with E-state index in [2.05, 4.69) is 16.0 Å². The maximum absolute atomic E-state index is 12.1. The van der Waals surface area contributed by atoms with Crippen LogP contribution in [-0.2, 0) is 11.3 Å². The van der Waals surface area contributed by atoms with E-state index in [1.165, 1.54) is 5.39 Å². The standard InChI is InChI=1S/C17H14Cl2N2O/c18-13-5-6-15(14(19)11-13)20-17(22)8-10-21-9-7-12-3-1-2-4-16(12)21/h1-7,9,11H,8,10H2,(H,20,22). The van der Waals surface area contributed by atoms with E-state index in [0.29, 0.717) is 28.7 Å². The van der Waals surface area contributed by atoms with Gasteiger partial charge in [-0.3, -0.25) is 4.79 Å². The number of hydrogen-bond donors (Lipinski definition) is 1. The summed E-state index contributed by atoms with van der Waals surface area (Å²) in [7, 11) is 0. The largest absolute Gasteiger partial charge is 0.347 e. The highest BCUT2D eigenvalue weighted by atomic mass is 35.5. The Morgan fingerprint density at radius 1 is 1.09 bits per heavy atom. The smallest absolute Gasteiger partial charge is 0.226 e. The van der Waals surface area contributed by atoms with Crippen molar-refractivity contribution in [3.8, 4) is 0 Å². The van der Waals surface area contributed by atoms with E-state index in [0.717, 1.165) is 5.52 Å². The van der Waals surface area contributed by atoms with Crippen LogP contribution in [0, 0.1) is 0 Å². The van der Waals surface area contributed by atoms with Crippen LogP contribution in [0.1, 0.15) is 6.42 Å². The first kappa shape index (κ1) is 14.9. The summed E-state index contributed by atoms with van der Waals surface area (Å²) in [6.45, 7) is 0.616. The van der Waals surface area contributed by atoms with Crippen LogP contribution in [-0.4, -0.2) is 10.5 Å². The lowest BCUT2D eigenvalue weighted by molar-refractivity contribution is -0.116. The van der Waals surface area contributed by atoms with E-state index in [-0.39, 0.29) is 5.91 Å². The highest BCUT2D eigenvalue weighted by molar-refractivity contribution is 6.36. The number of carbonyl (C=O) groups excluding carboxylic acids is 1. The van der Waals surface area contributed by atoms with E-state index >= 15 is 0 Å². The van der Waals surface area contributed by atoms with Gasteiger partial charge in [0.15, 0.2) is 0 Å². The molecule has 2 aromatic carbocycles. The van der Waals surface area contributed by atoms with Gasteiger partial charge in [0.25, 0.3) is 0 Å². The third-order valence-corrected chi connectivity index (χ3v) is 4.01. The van der Waals surface area contributed by atoms with Gasteiger partial charge in [-0.25, -0.2) is 0 Å². The highest BCUT2D eigenvalue weighted by Crippen LogP contribution is 2.25. The van der Waals surface area contributed by atoms with Gasteiger partial charge in [0.05, 0.1) is 10.7 Å². The van der Waals surface area contributed by atoms with Crippen LogP contribution in [0.5, 0.6) is 0 Å². The number of halogens is 2. The molecule has 1 heterocycles. The number of amides is 1. The quantitative estimate of drug-likeness (QED) is 0.718. The summed E-state index contributed by atoms with van der Waals surface area (Å²) >= 11 is 11.9. The molecule has 1 aromatic heterocycles. The van der Waals surface area contributed by atoms with Gasteiger partial charge < -0.3 is 9.88 Å². The lowest BCUT2D eigenvalue weighted by Gasteiger charge is -2.09. The van der Waals surface area contributed by atoms with Crippen LogP contribution in [0.2, 0.25) is 10.0 Å². The summed E-state index contributed by atoms with van der Waals surface area (Å²) in [6.07, 6.45) is 2.37. The van der Waals surface area contributed by atoms with Crippen molar-refractivity contribution in [3.63, 3.8) is 0 Å². The number of aryl methyl sites for hydroxylation is 1. The summed E-state index contributed by atoms with van der Waals surface area (Å²) in [5.41, 5.74) is 1.70. The first-order chi connectivity index (χ1) is 10.6. The van der Waals surface area contributed by atoms with E-state index in [9.17, 15) is 4.79 Å². The SMILES string of the molecule is O=C(CCn1ccc2ccccc21)Nc1ccc(Cl)cc1Cl. The first-order valence-corrected chi connectivity index (χ1v) is 7.68. The summed E-state index contributed by atoms with van der Waals surface area (Å²) in [5, 5.41) is 4.96. The van der Waals surface area contributed by atoms with Crippen molar-refractivity contribution in [2.45, 2.75) is 13.0 Å². The normalized spacial score (nSPS) is 10.8. The molecule has 0 aliphatic carbocycles. The maximum atomic E-state index is 12.1. The van der Waals surface area contributed by atoms with Crippen LogP contribution in [0.4, 0.5) is 5.69 Å². The van der Waals surface area contributed by atoms with Gasteiger partial charge in [0.2, 0.25) is 5.91 Å². The fourth-order valence-electron chi connectivity index (χ4n) is 2.36. The average molecular weight is 333 g/mol. The Kier molecular flexibility index (Phi) is 4.36. The minimum absolute atomic E-state index is 0.0815. The zero-order chi connectivity index (χ0) is 15.5. The minimum Gasteiger partial charge on any atom is -0.347 e. The second kappa shape index (κ2) is 6.42. The Bertz CT molecular complexity index is 826. The molecule has 3 aromatic rings. The zero-order valence-electron chi connectivity index (χ0n) is 11.7. The van der Waals surface area contributed by atoms with Gasteiger partial charge in [0, 0.05) is 29.7 Å². The second-order valence-electron chi connectivity index (χ2n) is 4.99. The van der Waals surface area contributed by atoms with Crippen LogP contribution in [0.3, 0.4) is 0 Å². The van der Waals surface area contributed by atoms with Gasteiger partial charge in [0.1, 0.15) is 0 Å². The Labute approximate surface area is 138 Å². The average Bonchev–Trinajstić information content (AvgIpc) is 2.91.